The number of pyridine rings is 1. The van der Waals surface area contributed by atoms with Crippen LogP contribution in [0.25, 0.3) is 11.4 Å². The number of alkyl halides is 1. The van der Waals surface area contributed by atoms with Crippen LogP contribution in [0.4, 0.5) is 0 Å². The van der Waals surface area contributed by atoms with Crippen LogP contribution in [0.5, 0.6) is 5.75 Å². The van der Waals surface area contributed by atoms with Crippen molar-refractivity contribution in [3.05, 3.63) is 75.8 Å². The van der Waals surface area contributed by atoms with E-state index in [1.54, 1.807) is 40.7 Å². The van der Waals surface area contributed by atoms with Gasteiger partial charge < -0.3 is 15.0 Å². The second-order valence-electron chi connectivity index (χ2n) is 9.05. The molecule has 198 valence electrons. The Hall–Kier alpha value is -3.57. The molecule has 38 heavy (non-hydrogen) atoms. The Labute approximate surface area is 228 Å². The maximum absolute atomic E-state index is 12.4. The summed E-state index contributed by atoms with van der Waals surface area (Å²) in [4.78, 5) is 39.0. The molecule has 1 unspecified atom stereocenters. The highest BCUT2D eigenvalue weighted by Crippen LogP contribution is 2.34. The highest BCUT2D eigenvalue weighted by molar-refractivity contribution is 8.05. The van der Waals surface area contributed by atoms with Crippen molar-refractivity contribution >= 4 is 35.2 Å². The molecule has 5 rings (SSSR count). The number of halogens is 1. The van der Waals surface area contributed by atoms with Gasteiger partial charge in [-0.25, -0.2) is 4.68 Å². The van der Waals surface area contributed by atoms with Gasteiger partial charge in [0, 0.05) is 51.2 Å². The topological polar surface area (TPSA) is 111 Å². The molecular weight excluding hydrogens is 528 g/mol. The van der Waals surface area contributed by atoms with E-state index in [0.717, 1.165) is 0 Å². The van der Waals surface area contributed by atoms with E-state index >= 15 is 0 Å². The minimum atomic E-state index is -0.189. The molecule has 12 heteroatoms. The molecular formula is C26H27ClN6O4S. The maximum atomic E-state index is 12.4. The molecule has 0 radical (unpaired) electrons. The first-order valence-electron chi connectivity index (χ1n) is 12.3. The van der Waals surface area contributed by atoms with Gasteiger partial charge in [0.05, 0.1) is 28.0 Å². The monoisotopic (exact) mass is 554 g/mol. The number of ether oxygens (including phenoxy) is 1. The van der Waals surface area contributed by atoms with E-state index in [-0.39, 0.29) is 34.7 Å². The molecule has 2 amide bonds. The van der Waals surface area contributed by atoms with Gasteiger partial charge in [0.1, 0.15) is 23.2 Å². The minimum Gasteiger partial charge on any atom is -0.488 e. The van der Waals surface area contributed by atoms with Gasteiger partial charge in [-0.05, 0) is 24.6 Å². The summed E-state index contributed by atoms with van der Waals surface area (Å²) >= 11 is 7.40. The van der Waals surface area contributed by atoms with Gasteiger partial charge >= 0.3 is 0 Å². The van der Waals surface area contributed by atoms with Crippen molar-refractivity contribution in [2.24, 2.45) is 0 Å². The number of likely N-dealkylation sites (tertiary alicyclic amines) is 1. The van der Waals surface area contributed by atoms with Gasteiger partial charge in [-0.2, -0.15) is 0 Å². The second kappa shape index (κ2) is 11.4. The van der Waals surface area contributed by atoms with Crippen molar-refractivity contribution < 1.29 is 14.3 Å². The molecule has 0 bridgehead atoms. The average molecular weight is 555 g/mol. The summed E-state index contributed by atoms with van der Waals surface area (Å²) in [5.74, 6) is 0.411. The Morgan fingerprint density at radius 2 is 2.03 bits per heavy atom. The van der Waals surface area contributed by atoms with Crippen LogP contribution < -0.4 is 15.6 Å². The molecule has 0 saturated carbocycles. The van der Waals surface area contributed by atoms with Gasteiger partial charge in [-0.1, -0.05) is 17.4 Å². The number of allylic oxidation sites excluding steroid dienone is 1. The minimum absolute atomic E-state index is 0.0575. The largest absolute Gasteiger partial charge is 0.488 e. The van der Waals surface area contributed by atoms with E-state index in [4.69, 9.17) is 16.3 Å². The third-order valence-corrected chi connectivity index (χ3v) is 7.91. The maximum Gasteiger partial charge on any atom is 0.257 e. The smallest absolute Gasteiger partial charge is 0.257 e. The predicted octanol–water partition coefficient (Wildman–Crippen LogP) is 3.01. The van der Waals surface area contributed by atoms with Crippen molar-refractivity contribution in [2.75, 3.05) is 13.1 Å². The standard InChI is InChI=1S/C26H27ClN6O4S/c1-17(34)31-12-9-20(10-13-31)37-22-14-19(32-11-3-2-4-25(32)35)5-6-21(22)33-16-18(29-30-33)15-28-26(36)23-7-8-24(27)38-23/h2-7,11,14,16,20,24H,8-10,12-13,15H2,1H3,(H,28,36). The summed E-state index contributed by atoms with van der Waals surface area (Å²) in [5, 5.41) is 11.3. The molecule has 1 N–H and O–H groups in total. The number of benzene rings is 1. The Morgan fingerprint density at radius 3 is 2.74 bits per heavy atom. The molecule has 2 aliphatic rings. The third kappa shape index (κ3) is 5.94. The van der Waals surface area contributed by atoms with E-state index in [0.29, 0.717) is 60.1 Å². The average Bonchev–Trinajstić information content (AvgIpc) is 3.57. The fourth-order valence-electron chi connectivity index (χ4n) is 4.38. The van der Waals surface area contributed by atoms with Crippen molar-refractivity contribution in [1.29, 1.82) is 0 Å². The van der Waals surface area contributed by atoms with Crippen LogP contribution in [0.1, 0.15) is 31.9 Å². The molecule has 1 saturated heterocycles. The van der Waals surface area contributed by atoms with Gasteiger partial charge in [-0.3, -0.25) is 19.0 Å². The number of nitrogens with one attached hydrogen (secondary N) is 1. The van der Waals surface area contributed by atoms with Gasteiger partial charge in [0.15, 0.2) is 0 Å². The number of nitrogens with zero attached hydrogens (tertiary/aromatic N) is 5. The SMILES string of the molecule is CC(=O)N1CCC(Oc2cc(-n3ccccc3=O)ccc2-n2cc(CNC(=O)C3=CCC(Cl)S3)nn2)CC1. The van der Waals surface area contributed by atoms with Gasteiger partial charge in [0.2, 0.25) is 5.91 Å². The Morgan fingerprint density at radius 1 is 1.21 bits per heavy atom. The zero-order chi connectivity index (χ0) is 26.6. The molecule has 1 fully saturated rings. The van der Waals surface area contributed by atoms with Gasteiger partial charge in [-0.15, -0.1) is 28.5 Å². The number of thioether (sulfide) groups is 1. The lowest BCUT2D eigenvalue weighted by atomic mass is 10.1. The molecule has 0 aliphatic carbocycles. The fraction of sp³-hybridized carbons (Fsp3) is 0.346. The van der Waals surface area contributed by atoms with Crippen LogP contribution in [-0.4, -0.2) is 60.2 Å². The lowest BCUT2D eigenvalue weighted by Crippen LogP contribution is -2.40. The zero-order valence-electron chi connectivity index (χ0n) is 20.7. The Kier molecular flexibility index (Phi) is 7.85. The van der Waals surface area contributed by atoms with Crippen LogP contribution in [0.3, 0.4) is 0 Å². The molecule has 2 aliphatic heterocycles. The molecule has 0 spiro atoms. The highest BCUT2D eigenvalue weighted by atomic mass is 35.5. The fourth-order valence-corrected chi connectivity index (χ4v) is 5.60. The number of piperidine rings is 1. The molecule has 2 aromatic heterocycles. The number of carbonyl (C=O) groups is 2. The third-order valence-electron chi connectivity index (χ3n) is 6.41. The van der Waals surface area contributed by atoms with Gasteiger partial charge in [0.25, 0.3) is 11.5 Å². The van der Waals surface area contributed by atoms with Crippen molar-refractivity contribution in [2.45, 2.75) is 43.5 Å². The summed E-state index contributed by atoms with van der Waals surface area (Å²) in [7, 11) is 0. The lowest BCUT2D eigenvalue weighted by molar-refractivity contribution is -0.130. The van der Waals surface area contributed by atoms with E-state index in [2.05, 4.69) is 15.6 Å². The molecule has 1 aromatic carbocycles. The molecule has 10 nitrogen and oxygen atoms in total. The van der Waals surface area contributed by atoms with Crippen LogP contribution in [0.15, 0.2) is 64.6 Å². The quantitative estimate of drug-likeness (QED) is 0.447. The summed E-state index contributed by atoms with van der Waals surface area (Å²) in [6.45, 7) is 3.03. The number of hydrogen-bond acceptors (Lipinski definition) is 7. The first-order chi connectivity index (χ1) is 18.4. The first kappa shape index (κ1) is 26.1. The van der Waals surface area contributed by atoms with Crippen LogP contribution in [-0.2, 0) is 16.1 Å². The molecule has 3 aromatic rings. The number of rotatable bonds is 7. The zero-order valence-corrected chi connectivity index (χ0v) is 22.3. The van der Waals surface area contributed by atoms with Crippen molar-refractivity contribution in [3.8, 4) is 17.1 Å². The molecule has 4 heterocycles. The van der Waals surface area contributed by atoms with Crippen molar-refractivity contribution in [1.82, 2.24) is 29.8 Å². The van der Waals surface area contributed by atoms with E-state index in [1.165, 1.54) is 17.8 Å². The number of aromatic nitrogens is 4. The van der Waals surface area contributed by atoms with Crippen molar-refractivity contribution in [3.63, 3.8) is 0 Å². The van der Waals surface area contributed by atoms with E-state index < -0.39 is 0 Å². The highest BCUT2D eigenvalue weighted by Gasteiger charge is 2.24. The van der Waals surface area contributed by atoms with E-state index in [9.17, 15) is 14.4 Å². The summed E-state index contributed by atoms with van der Waals surface area (Å²) < 4.78 is 9.44. The Bertz CT molecular complexity index is 1430. The summed E-state index contributed by atoms with van der Waals surface area (Å²) in [5.41, 5.74) is 1.73. The molecule has 1 atom stereocenters. The number of hydrogen-bond donors (Lipinski definition) is 1. The summed E-state index contributed by atoms with van der Waals surface area (Å²) in [6, 6.07) is 10.4. The normalized spacial score (nSPS) is 17.8. The van der Waals surface area contributed by atoms with Crippen LogP contribution in [0, 0.1) is 0 Å². The Balaban J connectivity index is 1.37. The first-order valence-corrected chi connectivity index (χ1v) is 13.6. The lowest BCUT2D eigenvalue weighted by Gasteiger charge is -2.32. The number of amides is 2. The summed E-state index contributed by atoms with van der Waals surface area (Å²) in [6.07, 6.45) is 7.21. The second-order valence-corrected chi connectivity index (χ2v) is 11.1. The van der Waals surface area contributed by atoms with Crippen LogP contribution in [0.2, 0.25) is 0 Å². The van der Waals surface area contributed by atoms with Crippen LogP contribution >= 0.6 is 23.4 Å². The predicted molar refractivity (Wildman–Crippen MR) is 145 cm³/mol. The number of carbonyl (C=O) groups excluding carboxylic acids is 2. The van der Waals surface area contributed by atoms with E-state index in [1.807, 2.05) is 29.2 Å².